The molecule has 2 N–H and O–H groups in total. The van der Waals surface area contributed by atoms with Gasteiger partial charge in [-0.15, -0.1) is 5.10 Å². The number of aromatic nitrogens is 2. The first-order valence-electron chi connectivity index (χ1n) is 6.08. The first kappa shape index (κ1) is 12.4. The second-order valence-electron chi connectivity index (χ2n) is 5.98. The molecular formula is C12H22N4O. The number of nitrogens with one attached hydrogen (secondary N) is 2. The summed E-state index contributed by atoms with van der Waals surface area (Å²) in [6.45, 7) is 11.0. The Morgan fingerprint density at radius 3 is 2.24 bits per heavy atom. The van der Waals surface area contributed by atoms with Gasteiger partial charge in [-0.2, -0.15) is 0 Å². The fourth-order valence-corrected chi connectivity index (χ4v) is 2.27. The molecule has 0 spiro atoms. The smallest absolute Gasteiger partial charge is 0.315 e. The van der Waals surface area contributed by atoms with E-state index in [2.05, 4.69) is 48.5 Å². The molecule has 1 atom stereocenters. The second-order valence-corrected chi connectivity index (χ2v) is 5.98. The highest BCUT2D eigenvalue weighted by Gasteiger charge is 2.65. The van der Waals surface area contributed by atoms with Crippen LogP contribution in [0, 0.1) is 10.8 Å². The summed E-state index contributed by atoms with van der Waals surface area (Å²) in [6.07, 6.45) is 0. The van der Waals surface area contributed by atoms with E-state index in [1.165, 1.54) is 0 Å². The average Bonchev–Trinajstić information content (AvgIpc) is 2.64. The van der Waals surface area contributed by atoms with Gasteiger partial charge in [0.2, 0.25) is 5.89 Å². The Labute approximate surface area is 102 Å². The lowest BCUT2D eigenvalue weighted by Crippen LogP contribution is -2.12. The Morgan fingerprint density at radius 2 is 1.76 bits per heavy atom. The van der Waals surface area contributed by atoms with Gasteiger partial charge in [-0.05, 0) is 24.8 Å². The third kappa shape index (κ3) is 1.82. The maximum atomic E-state index is 5.58. The zero-order valence-electron chi connectivity index (χ0n) is 11.5. The Hall–Kier alpha value is -1.10. The highest BCUT2D eigenvalue weighted by Crippen LogP contribution is 2.63. The van der Waals surface area contributed by atoms with Crippen LogP contribution in [0.3, 0.4) is 0 Å². The average molecular weight is 238 g/mol. The summed E-state index contributed by atoms with van der Waals surface area (Å²) in [5.74, 6) is 0.617. The summed E-state index contributed by atoms with van der Waals surface area (Å²) in [5, 5.41) is 14.5. The zero-order chi connectivity index (χ0) is 12.8. The Kier molecular flexibility index (Phi) is 2.69. The number of anilines is 1. The first-order chi connectivity index (χ1) is 7.80. The summed E-state index contributed by atoms with van der Waals surface area (Å²) in [7, 11) is 1.87. The van der Waals surface area contributed by atoms with Crippen molar-refractivity contribution in [2.75, 3.05) is 12.4 Å². The van der Waals surface area contributed by atoms with Crippen molar-refractivity contribution in [3.05, 3.63) is 5.89 Å². The maximum absolute atomic E-state index is 5.58. The molecule has 0 radical (unpaired) electrons. The lowest BCUT2D eigenvalue weighted by Gasteiger charge is -2.04. The van der Waals surface area contributed by atoms with E-state index >= 15 is 0 Å². The van der Waals surface area contributed by atoms with E-state index in [-0.39, 0.29) is 16.9 Å². The summed E-state index contributed by atoms with van der Waals surface area (Å²) in [4.78, 5) is 0. The van der Waals surface area contributed by atoms with Gasteiger partial charge < -0.3 is 15.1 Å². The molecule has 1 saturated carbocycles. The monoisotopic (exact) mass is 238 g/mol. The van der Waals surface area contributed by atoms with Crippen molar-refractivity contribution in [2.45, 2.75) is 46.7 Å². The number of nitrogens with zero attached hydrogens (tertiary/aromatic N) is 2. The molecule has 1 aliphatic carbocycles. The van der Waals surface area contributed by atoms with Gasteiger partial charge in [0.05, 0.1) is 6.04 Å². The molecule has 1 heterocycles. The van der Waals surface area contributed by atoms with Crippen LogP contribution in [-0.4, -0.2) is 23.3 Å². The molecule has 2 rings (SSSR count). The second kappa shape index (κ2) is 3.70. The van der Waals surface area contributed by atoms with Crippen LogP contribution in [0.2, 0.25) is 0 Å². The highest BCUT2D eigenvalue weighted by molar-refractivity contribution is 5.33. The minimum Gasteiger partial charge on any atom is -0.406 e. The SMILES string of the molecule is CNC(C)c1nnc(NC2C(C)(C)C2(C)C)o1. The number of rotatable bonds is 4. The van der Waals surface area contributed by atoms with Crippen LogP contribution in [0.15, 0.2) is 4.42 Å². The van der Waals surface area contributed by atoms with E-state index in [9.17, 15) is 0 Å². The van der Waals surface area contributed by atoms with Crippen molar-refractivity contribution in [1.82, 2.24) is 15.5 Å². The summed E-state index contributed by atoms with van der Waals surface area (Å²) < 4.78 is 5.58. The maximum Gasteiger partial charge on any atom is 0.315 e. The van der Waals surface area contributed by atoms with Crippen molar-refractivity contribution in [3.8, 4) is 0 Å². The summed E-state index contributed by atoms with van der Waals surface area (Å²) >= 11 is 0. The van der Waals surface area contributed by atoms with Gasteiger partial charge in [0, 0.05) is 6.04 Å². The molecular weight excluding hydrogens is 216 g/mol. The van der Waals surface area contributed by atoms with E-state index in [0.717, 1.165) is 0 Å². The third-order valence-corrected chi connectivity index (χ3v) is 4.53. The van der Waals surface area contributed by atoms with Gasteiger partial charge in [0.1, 0.15) is 0 Å². The molecule has 17 heavy (non-hydrogen) atoms. The minimum absolute atomic E-state index is 0.0817. The van der Waals surface area contributed by atoms with Crippen LogP contribution in [-0.2, 0) is 0 Å². The number of hydrogen-bond acceptors (Lipinski definition) is 5. The van der Waals surface area contributed by atoms with E-state index in [1.54, 1.807) is 0 Å². The normalized spacial score (nSPS) is 23.4. The molecule has 1 aromatic rings. The van der Waals surface area contributed by atoms with Gasteiger partial charge in [-0.1, -0.05) is 32.8 Å². The summed E-state index contributed by atoms with van der Waals surface area (Å²) in [5.41, 5.74) is 0.520. The molecule has 1 fully saturated rings. The van der Waals surface area contributed by atoms with E-state index in [0.29, 0.717) is 17.9 Å². The van der Waals surface area contributed by atoms with E-state index in [4.69, 9.17) is 4.42 Å². The molecule has 5 nitrogen and oxygen atoms in total. The zero-order valence-corrected chi connectivity index (χ0v) is 11.5. The fourth-order valence-electron chi connectivity index (χ4n) is 2.27. The largest absolute Gasteiger partial charge is 0.406 e. The molecule has 1 aromatic heterocycles. The lowest BCUT2D eigenvalue weighted by molar-refractivity contribution is 0.439. The summed E-state index contributed by atoms with van der Waals surface area (Å²) in [6, 6.07) is 0.984. The van der Waals surface area contributed by atoms with Crippen LogP contribution >= 0.6 is 0 Å². The molecule has 1 aliphatic rings. The molecule has 0 saturated heterocycles. The molecule has 0 aromatic carbocycles. The van der Waals surface area contributed by atoms with Crippen LogP contribution in [0.1, 0.15) is 46.6 Å². The third-order valence-electron chi connectivity index (χ3n) is 4.53. The molecule has 1 unspecified atom stereocenters. The van der Waals surface area contributed by atoms with Gasteiger partial charge in [-0.3, -0.25) is 0 Å². The molecule has 96 valence electrons. The van der Waals surface area contributed by atoms with Gasteiger partial charge in [0.15, 0.2) is 0 Å². The number of hydrogen-bond donors (Lipinski definition) is 2. The molecule has 0 aliphatic heterocycles. The Balaban J connectivity index is 2.04. The molecule has 5 heteroatoms. The quantitative estimate of drug-likeness (QED) is 0.842. The molecule has 0 bridgehead atoms. The van der Waals surface area contributed by atoms with Crippen LogP contribution < -0.4 is 10.6 Å². The Morgan fingerprint density at radius 1 is 1.18 bits per heavy atom. The first-order valence-corrected chi connectivity index (χ1v) is 6.08. The van der Waals surface area contributed by atoms with E-state index in [1.807, 2.05) is 14.0 Å². The van der Waals surface area contributed by atoms with Crippen molar-refractivity contribution in [3.63, 3.8) is 0 Å². The fraction of sp³-hybridized carbons (Fsp3) is 0.833. The van der Waals surface area contributed by atoms with Crippen molar-refractivity contribution >= 4 is 6.01 Å². The predicted octanol–water partition coefficient (Wildman–Crippen LogP) is 2.20. The van der Waals surface area contributed by atoms with Crippen LogP contribution in [0.5, 0.6) is 0 Å². The van der Waals surface area contributed by atoms with Crippen LogP contribution in [0.25, 0.3) is 0 Å². The standard InChI is InChI=1S/C12H22N4O/c1-7(13-6)8-15-16-10(17-8)14-9-11(2,3)12(9,4)5/h7,9,13H,1-6H3,(H,14,16). The predicted molar refractivity (Wildman–Crippen MR) is 66.7 cm³/mol. The van der Waals surface area contributed by atoms with Crippen molar-refractivity contribution < 1.29 is 4.42 Å². The lowest BCUT2D eigenvalue weighted by atomic mass is 10.0. The van der Waals surface area contributed by atoms with Gasteiger partial charge in [0.25, 0.3) is 0 Å². The van der Waals surface area contributed by atoms with Gasteiger partial charge >= 0.3 is 6.01 Å². The highest BCUT2D eigenvalue weighted by atomic mass is 16.4. The van der Waals surface area contributed by atoms with Gasteiger partial charge in [-0.25, -0.2) is 0 Å². The van der Waals surface area contributed by atoms with Crippen molar-refractivity contribution in [1.29, 1.82) is 0 Å². The topological polar surface area (TPSA) is 63.0 Å². The van der Waals surface area contributed by atoms with E-state index < -0.39 is 0 Å². The Bertz CT molecular complexity index is 396. The van der Waals surface area contributed by atoms with Crippen LogP contribution in [0.4, 0.5) is 6.01 Å². The minimum atomic E-state index is 0.0817. The van der Waals surface area contributed by atoms with Crippen molar-refractivity contribution in [2.24, 2.45) is 10.8 Å². The molecule has 0 amide bonds.